The second-order valence-corrected chi connectivity index (χ2v) is 6.73. The van der Waals surface area contributed by atoms with Crippen LogP contribution in [0.5, 0.6) is 0 Å². The lowest BCUT2D eigenvalue weighted by Gasteiger charge is -2.23. The van der Waals surface area contributed by atoms with Crippen LogP contribution in [-0.4, -0.2) is 30.1 Å². The fourth-order valence-electron chi connectivity index (χ4n) is 1.36. The van der Waals surface area contributed by atoms with Gasteiger partial charge in [-0.15, -0.1) is 23.2 Å². The van der Waals surface area contributed by atoms with E-state index in [-0.39, 0.29) is 35.6 Å². The summed E-state index contributed by atoms with van der Waals surface area (Å²) in [7, 11) is -3.79. The van der Waals surface area contributed by atoms with Crippen LogP contribution in [0.2, 0.25) is 5.02 Å². The van der Waals surface area contributed by atoms with Crippen LogP contribution in [0.25, 0.3) is 0 Å². The minimum absolute atomic E-state index is 0.0113. The number of hydrogen-bond donors (Lipinski definition) is 1. The molecular weight excluding hydrogens is 333 g/mol. The van der Waals surface area contributed by atoms with E-state index in [1.54, 1.807) is 24.3 Å². The molecule has 108 valence electrons. The molecule has 0 aliphatic heterocycles. The van der Waals surface area contributed by atoms with Crippen LogP contribution >= 0.6 is 42.4 Å². The van der Waals surface area contributed by atoms with Crippen molar-refractivity contribution in [1.29, 1.82) is 0 Å². The average molecular weight is 348 g/mol. The van der Waals surface area contributed by atoms with E-state index in [4.69, 9.17) is 43.9 Å². The zero-order valence-corrected chi connectivity index (χ0v) is 13.1. The Bertz CT molecular complexity index is 432. The van der Waals surface area contributed by atoms with Crippen molar-refractivity contribution in [3.63, 3.8) is 0 Å². The molecule has 19 heavy (non-hydrogen) atoms. The molecule has 1 rings (SSSR count). The Morgan fingerprint density at radius 2 is 1.68 bits per heavy atom. The Kier molecular flexibility index (Phi) is 7.70. The van der Waals surface area contributed by atoms with E-state index < -0.39 is 13.4 Å². The molecule has 1 aromatic rings. The van der Waals surface area contributed by atoms with Gasteiger partial charge in [-0.05, 0) is 6.07 Å². The Labute approximate surface area is 127 Å². The van der Waals surface area contributed by atoms with Gasteiger partial charge in [0.05, 0.1) is 13.2 Å². The summed E-state index contributed by atoms with van der Waals surface area (Å²) < 4.78 is 22.7. The minimum atomic E-state index is -3.79. The molecule has 0 bridgehead atoms. The largest absolute Gasteiger partial charge is 0.376 e. The van der Waals surface area contributed by atoms with E-state index in [0.29, 0.717) is 0 Å². The first-order valence-electron chi connectivity index (χ1n) is 5.48. The average Bonchev–Trinajstić information content (AvgIpc) is 2.42. The summed E-state index contributed by atoms with van der Waals surface area (Å²) in [5, 5.41) is 10.5. The van der Waals surface area contributed by atoms with Gasteiger partial charge in [-0.1, -0.05) is 29.8 Å². The molecule has 1 atom stereocenters. The van der Waals surface area contributed by atoms with Crippen molar-refractivity contribution in [2.24, 2.45) is 0 Å². The summed E-state index contributed by atoms with van der Waals surface area (Å²) in [6.45, 7) is -0.0226. The normalized spacial score (nSPS) is 13.5. The highest BCUT2D eigenvalue weighted by Crippen LogP contribution is 2.60. The Balaban J connectivity index is 2.96. The fourth-order valence-corrected chi connectivity index (χ4v) is 3.66. The number of halogens is 3. The summed E-state index contributed by atoms with van der Waals surface area (Å²) in [5.41, 5.74) is 0.275. The first-order valence-corrected chi connectivity index (χ1v) is 8.54. The van der Waals surface area contributed by atoms with Gasteiger partial charge in [-0.25, -0.2) is 0 Å². The molecule has 0 heterocycles. The van der Waals surface area contributed by atoms with E-state index in [2.05, 4.69) is 0 Å². The molecule has 0 amide bonds. The lowest BCUT2D eigenvalue weighted by Crippen LogP contribution is -2.09. The summed E-state index contributed by atoms with van der Waals surface area (Å²) in [6, 6.07) is 6.49. The summed E-state index contributed by atoms with van der Waals surface area (Å²) in [4.78, 5) is 0. The van der Waals surface area contributed by atoms with Crippen molar-refractivity contribution >= 4 is 42.4 Å². The van der Waals surface area contributed by atoms with Gasteiger partial charge < -0.3 is 14.2 Å². The van der Waals surface area contributed by atoms with Crippen LogP contribution < -0.4 is 0 Å². The quantitative estimate of drug-likeness (QED) is 0.570. The molecular formula is C11H14Cl3O4P. The molecule has 0 fully saturated rings. The van der Waals surface area contributed by atoms with E-state index in [1.165, 1.54) is 0 Å². The monoisotopic (exact) mass is 346 g/mol. The highest BCUT2D eigenvalue weighted by atomic mass is 35.5. The number of aliphatic hydroxyl groups is 1. The maximum absolute atomic E-state index is 12.5. The lowest BCUT2D eigenvalue weighted by atomic mass is 10.2. The molecule has 1 aromatic carbocycles. The Hall–Kier alpha value is 0.200. The molecule has 8 heteroatoms. The highest BCUT2D eigenvalue weighted by Gasteiger charge is 2.36. The SMILES string of the molecule is O=P(OCCCl)(OCCCl)C(O)c1ccccc1Cl. The smallest absolute Gasteiger partial charge is 0.363 e. The minimum Gasteiger partial charge on any atom is -0.376 e. The first-order chi connectivity index (χ1) is 9.05. The molecule has 0 aromatic heterocycles. The van der Waals surface area contributed by atoms with Gasteiger partial charge in [-0.3, -0.25) is 4.57 Å². The molecule has 4 nitrogen and oxygen atoms in total. The number of alkyl halides is 2. The van der Waals surface area contributed by atoms with Gasteiger partial charge in [0, 0.05) is 22.3 Å². The summed E-state index contributed by atoms with van der Waals surface area (Å²) in [6.07, 6.45) is 0. The maximum Gasteiger partial charge on any atom is 0.363 e. The second-order valence-electron chi connectivity index (χ2n) is 3.48. The Morgan fingerprint density at radius 1 is 1.16 bits per heavy atom. The first kappa shape index (κ1) is 17.3. The standard InChI is InChI=1S/C11H14Cl3O4P/c12-5-7-17-19(16,18-8-6-13)11(15)9-3-1-2-4-10(9)14/h1-4,11,15H,5-8H2. The van der Waals surface area contributed by atoms with Crippen LogP contribution in [0.15, 0.2) is 24.3 Å². The number of hydrogen-bond acceptors (Lipinski definition) is 4. The van der Waals surface area contributed by atoms with Crippen molar-refractivity contribution in [2.45, 2.75) is 5.85 Å². The van der Waals surface area contributed by atoms with Crippen LogP contribution in [-0.2, 0) is 13.6 Å². The zero-order chi connectivity index (χ0) is 14.3. The van der Waals surface area contributed by atoms with E-state index in [1.807, 2.05) is 0 Å². The Morgan fingerprint density at radius 3 is 2.16 bits per heavy atom. The van der Waals surface area contributed by atoms with Gasteiger partial charge in [0.2, 0.25) is 0 Å². The fraction of sp³-hybridized carbons (Fsp3) is 0.455. The third-order valence-corrected chi connectivity index (χ3v) is 4.79. The van der Waals surface area contributed by atoms with E-state index >= 15 is 0 Å². The third kappa shape index (κ3) is 4.91. The topological polar surface area (TPSA) is 55.8 Å². The van der Waals surface area contributed by atoms with Gasteiger partial charge >= 0.3 is 7.60 Å². The molecule has 0 spiro atoms. The molecule has 0 radical (unpaired) electrons. The van der Waals surface area contributed by atoms with Gasteiger partial charge in [0.25, 0.3) is 0 Å². The highest BCUT2D eigenvalue weighted by molar-refractivity contribution is 7.54. The second kappa shape index (κ2) is 8.48. The number of rotatable bonds is 8. The number of benzene rings is 1. The summed E-state index contributed by atoms with van der Waals surface area (Å²) in [5.74, 6) is -1.22. The molecule has 1 N–H and O–H groups in total. The van der Waals surface area contributed by atoms with Crippen LogP contribution in [0.3, 0.4) is 0 Å². The zero-order valence-electron chi connectivity index (χ0n) is 9.97. The van der Waals surface area contributed by atoms with Crippen molar-refractivity contribution in [2.75, 3.05) is 25.0 Å². The van der Waals surface area contributed by atoms with E-state index in [9.17, 15) is 9.67 Å². The molecule has 1 unspecified atom stereocenters. The van der Waals surface area contributed by atoms with Crippen molar-refractivity contribution in [1.82, 2.24) is 0 Å². The van der Waals surface area contributed by atoms with Crippen molar-refractivity contribution in [3.05, 3.63) is 34.9 Å². The number of aliphatic hydroxyl groups excluding tert-OH is 1. The van der Waals surface area contributed by atoms with Gasteiger partial charge in [0.15, 0.2) is 5.85 Å². The van der Waals surface area contributed by atoms with Crippen LogP contribution in [0, 0.1) is 0 Å². The maximum atomic E-state index is 12.5. The van der Waals surface area contributed by atoms with E-state index in [0.717, 1.165) is 0 Å². The van der Waals surface area contributed by atoms with Crippen LogP contribution in [0.1, 0.15) is 11.4 Å². The van der Waals surface area contributed by atoms with Crippen LogP contribution in [0.4, 0.5) is 0 Å². The van der Waals surface area contributed by atoms with Gasteiger partial charge in [-0.2, -0.15) is 0 Å². The predicted molar refractivity (Wildman–Crippen MR) is 77.4 cm³/mol. The third-order valence-electron chi connectivity index (χ3n) is 2.18. The van der Waals surface area contributed by atoms with Crippen molar-refractivity contribution < 1.29 is 18.7 Å². The summed E-state index contributed by atoms with van der Waals surface area (Å²) >= 11 is 16.9. The molecule has 0 aliphatic carbocycles. The molecule has 0 aliphatic rings. The predicted octanol–water partition coefficient (Wildman–Crippen LogP) is 4.03. The molecule has 0 saturated heterocycles. The molecule has 0 saturated carbocycles. The van der Waals surface area contributed by atoms with Crippen molar-refractivity contribution in [3.8, 4) is 0 Å². The van der Waals surface area contributed by atoms with Gasteiger partial charge in [0.1, 0.15) is 0 Å². The lowest BCUT2D eigenvalue weighted by molar-refractivity contribution is 0.151.